The SMILES string of the molecule is CCCN(C)S(=O)(=O)c1cnc2[nH]c(=O)[nH]c(=O)c2c1. The molecule has 20 heavy (non-hydrogen) atoms. The van der Waals surface area contributed by atoms with Gasteiger partial charge < -0.3 is 0 Å². The monoisotopic (exact) mass is 298 g/mol. The lowest BCUT2D eigenvalue weighted by Crippen LogP contribution is -2.28. The van der Waals surface area contributed by atoms with Crippen molar-refractivity contribution in [2.45, 2.75) is 18.2 Å². The van der Waals surface area contributed by atoms with Crippen molar-refractivity contribution >= 4 is 21.1 Å². The lowest BCUT2D eigenvalue weighted by atomic mass is 10.3. The fourth-order valence-electron chi connectivity index (χ4n) is 1.78. The molecule has 0 aliphatic carbocycles. The average Bonchev–Trinajstić information content (AvgIpc) is 2.38. The van der Waals surface area contributed by atoms with Crippen LogP contribution in [0.25, 0.3) is 11.0 Å². The van der Waals surface area contributed by atoms with Gasteiger partial charge in [0.1, 0.15) is 10.5 Å². The van der Waals surface area contributed by atoms with Crippen LogP contribution in [0.3, 0.4) is 0 Å². The molecule has 8 nitrogen and oxygen atoms in total. The van der Waals surface area contributed by atoms with Crippen LogP contribution in [0.2, 0.25) is 0 Å². The van der Waals surface area contributed by atoms with Gasteiger partial charge in [0.2, 0.25) is 10.0 Å². The Morgan fingerprint density at radius 3 is 2.65 bits per heavy atom. The Labute approximate surface area is 114 Å². The Morgan fingerprint density at radius 2 is 2.00 bits per heavy atom. The van der Waals surface area contributed by atoms with Crippen molar-refractivity contribution in [1.82, 2.24) is 19.3 Å². The maximum Gasteiger partial charge on any atom is 0.327 e. The van der Waals surface area contributed by atoms with E-state index >= 15 is 0 Å². The molecule has 9 heteroatoms. The highest BCUT2D eigenvalue weighted by Crippen LogP contribution is 2.15. The maximum atomic E-state index is 12.2. The number of hydrogen-bond donors (Lipinski definition) is 2. The van der Waals surface area contributed by atoms with Crippen LogP contribution in [0, 0.1) is 0 Å². The van der Waals surface area contributed by atoms with E-state index in [2.05, 4.69) is 9.97 Å². The van der Waals surface area contributed by atoms with Crippen LogP contribution in [0.5, 0.6) is 0 Å². The number of fused-ring (bicyclic) bond motifs is 1. The van der Waals surface area contributed by atoms with Gasteiger partial charge in [-0.1, -0.05) is 6.92 Å². The van der Waals surface area contributed by atoms with Gasteiger partial charge in [-0.15, -0.1) is 0 Å². The summed E-state index contributed by atoms with van der Waals surface area (Å²) in [5.74, 6) is 0. The number of rotatable bonds is 4. The number of aromatic nitrogens is 3. The number of H-pyrrole nitrogens is 2. The van der Waals surface area contributed by atoms with Gasteiger partial charge in [0.05, 0.1) is 5.39 Å². The van der Waals surface area contributed by atoms with E-state index in [9.17, 15) is 18.0 Å². The number of sulfonamides is 1. The third-order valence-corrected chi connectivity index (χ3v) is 4.64. The minimum absolute atomic E-state index is 0.0237. The smallest absolute Gasteiger partial charge is 0.291 e. The third-order valence-electron chi connectivity index (χ3n) is 2.81. The standard InChI is InChI=1S/C11H14N4O4S/c1-3-4-15(2)20(18,19)7-5-8-9(12-6-7)13-11(17)14-10(8)16/h5-6H,3-4H2,1-2H3,(H2,12,13,14,16,17). The maximum absolute atomic E-state index is 12.2. The van der Waals surface area contributed by atoms with Crippen molar-refractivity contribution in [3.05, 3.63) is 33.1 Å². The van der Waals surface area contributed by atoms with E-state index in [1.54, 1.807) is 0 Å². The molecule has 2 N–H and O–H groups in total. The summed E-state index contributed by atoms with van der Waals surface area (Å²) in [5, 5.41) is 0.0237. The molecule has 0 saturated carbocycles. The largest absolute Gasteiger partial charge is 0.327 e. The van der Waals surface area contributed by atoms with Crippen LogP contribution < -0.4 is 11.2 Å². The molecule has 0 fully saturated rings. The van der Waals surface area contributed by atoms with Crippen LogP contribution in [0.1, 0.15) is 13.3 Å². The molecular formula is C11H14N4O4S. The summed E-state index contributed by atoms with van der Waals surface area (Å²) in [6.45, 7) is 2.22. The van der Waals surface area contributed by atoms with Crippen molar-refractivity contribution < 1.29 is 8.42 Å². The van der Waals surface area contributed by atoms with Gasteiger partial charge in [-0.25, -0.2) is 22.5 Å². The second-order valence-electron chi connectivity index (χ2n) is 4.30. The third kappa shape index (κ3) is 2.49. The van der Waals surface area contributed by atoms with Crippen LogP contribution >= 0.6 is 0 Å². The summed E-state index contributed by atoms with van der Waals surface area (Å²) < 4.78 is 25.7. The Hall–Kier alpha value is -2.00. The lowest BCUT2D eigenvalue weighted by molar-refractivity contribution is 0.468. The first-order chi connectivity index (χ1) is 9.36. The molecule has 0 radical (unpaired) electrons. The van der Waals surface area contributed by atoms with Crippen molar-refractivity contribution in [1.29, 1.82) is 0 Å². The van der Waals surface area contributed by atoms with Crippen LogP contribution in [0.4, 0.5) is 0 Å². The average molecular weight is 298 g/mol. The highest BCUT2D eigenvalue weighted by atomic mass is 32.2. The molecule has 0 bridgehead atoms. The summed E-state index contributed by atoms with van der Waals surface area (Å²) in [6, 6.07) is 1.21. The van der Waals surface area contributed by atoms with E-state index in [1.807, 2.05) is 11.9 Å². The number of pyridine rings is 1. The minimum Gasteiger partial charge on any atom is -0.291 e. The molecule has 0 unspecified atom stereocenters. The first kappa shape index (κ1) is 14.4. The molecular weight excluding hydrogens is 284 g/mol. The molecule has 0 aliphatic heterocycles. The van der Waals surface area contributed by atoms with Crippen LogP contribution in [0.15, 0.2) is 26.7 Å². The van der Waals surface area contributed by atoms with Gasteiger partial charge in [-0.05, 0) is 12.5 Å². The second-order valence-corrected chi connectivity index (χ2v) is 6.35. The normalized spacial score (nSPS) is 12.2. The second kappa shape index (κ2) is 5.17. The number of nitrogens with zero attached hydrogens (tertiary/aromatic N) is 2. The molecule has 2 aromatic heterocycles. The van der Waals surface area contributed by atoms with E-state index in [4.69, 9.17) is 0 Å². The van der Waals surface area contributed by atoms with Crippen LogP contribution in [-0.2, 0) is 10.0 Å². The fourth-order valence-corrected chi connectivity index (χ4v) is 3.02. The first-order valence-electron chi connectivity index (χ1n) is 5.95. The molecule has 108 valence electrons. The van der Waals surface area contributed by atoms with E-state index in [1.165, 1.54) is 17.4 Å². The van der Waals surface area contributed by atoms with Gasteiger partial charge in [0.15, 0.2) is 0 Å². The molecule has 2 rings (SSSR count). The van der Waals surface area contributed by atoms with Crippen molar-refractivity contribution in [3.8, 4) is 0 Å². The van der Waals surface area contributed by atoms with Crippen molar-refractivity contribution in [2.75, 3.05) is 13.6 Å². The summed E-state index contributed by atoms with van der Waals surface area (Å²) in [6.07, 6.45) is 1.80. The summed E-state index contributed by atoms with van der Waals surface area (Å²) in [7, 11) is -2.23. The lowest BCUT2D eigenvalue weighted by Gasteiger charge is -2.15. The Kier molecular flexibility index (Phi) is 3.73. The van der Waals surface area contributed by atoms with E-state index in [0.29, 0.717) is 13.0 Å². The molecule has 2 aromatic rings. The quantitative estimate of drug-likeness (QED) is 0.799. The van der Waals surface area contributed by atoms with E-state index in [-0.39, 0.29) is 15.9 Å². The highest BCUT2D eigenvalue weighted by molar-refractivity contribution is 7.89. The summed E-state index contributed by atoms with van der Waals surface area (Å²) in [5.41, 5.74) is -1.31. The fraction of sp³-hybridized carbons (Fsp3) is 0.364. The summed E-state index contributed by atoms with van der Waals surface area (Å²) in [4.78, 5) is 30.9. The Balaban J connectivity index is 2.63. The highest BCUT2D eigenvalue weighted by Gasteiger charge is 2.21. The number of nitrogens with one attached hydrogen (secondary N) is 2. The van der Waals surface area contributed by atoms with Crippen molar-refractivity contribution in [2.24, 2.45) is 0 Å². The zero-order chi connectivity index (χ0) is 14.9. The number of aromatic amines is 2. The zero-order valence-corrected chi connectivity index (χ0v) is 11.8. The van der Waals surface area contributed by atoms with Gasteiger partial charge in [0, 0.05) is 19.8 Å². The topological polar surface area (TPSA) is 116 Å². The summed E-state index contributed by atoms with van der Waals surface area (Å²) >= 11 is 0. The van der Waals surface area contributed by atoms with Gasteiger partial charge in [-0.2, -0.15) is 0 Å². The molecule has 0 spiro atoms. The van der Waals surface area contributed by atoms with Crippen LogP contribution in [-0.4, -0.2) is 41.3 Å². The molecule has 2 heterocycles. The predicted octanol–water partition coefficient (Wildman–Crippen LogP) is -0.358. The predicted molar refractivity (Wildman–Crippen MR) is 73.1 cm³/mol. The van der Waals surface area contributed by atoms with E-state index in [0.717, 1.165) is 6.20 Å². The van der Waals surface area contributed by atoms with Gasteiger partial charge >= 0.3 is 5.69 Å². The molecule has 0 aliphatic rings. The van der Waals surface area contributed by atoms with Crippen molar-refractivity contribution in [3.63, 3.8) is 0 Å². The molecule has 0 amide bonds. The Morgan fingerprint density at radius 1 is 1.30 bits per heavy atom. The zero-order valence-electron chi connectivity index (χ0n) is 11.0. The molecule has 0 saturated heterocycles. The first-order valence-corrected chi connectivity index (χ1v) is 7.39. The van der Waals surface area contributed by atoms with E-state index < -0.39 is 21.3 Å². The number of hydrogen-bond acceptors (Lipinski definition) is 5. The molecule has 0 aromatic carbocycles. The van der Waals surface area contributed by atoms with Gasteiger partial charge in [-0.3, -0.25) is 14.8 Å². The Bertz CT molecular complexity index is 853. The van der Waals surface area contributed by atoms with Gasteiger partial charge in [0.25, 0.3) is 5.56 Å². The minimum atomic E-state index is -3.69. The molecule has 0 atom stereocenters.